The van der Waals surface area contributed by atoms with Crippen LogP contribution < -0.4 is 9.47 Å². The molecule has 3 aliphatic heterocycles. The van der Waals surface area contributed by atoms with Crippen molar-refractivity contribution in [1.82, 2.24) is 4.90 Å². The number of amides is 1. The van der Waals surface area contributed by atoms with Gasteiger partial charge in [0, 0.05) is 48.9 Å². The van der Waals surface area contributed by atoms with Gasteiger partial charge in [-0.05, 0) is 44.2 Å². The Morgan fingerprint density at radius 3 is 2.66 bits per heavy atom. The molecule has 3 atom stereocenters. The Hall–Kier alpha value is -2.28. The molecule has 7 nitrogen and oxygen atoms in total. The number of carboxylic acids is 1. The summed E-state index contributed by atoms with van der Waals surface area (Å²) < 4.78 is 18.4. The summed E-state index contributed by atoms with van der Waals surface area (Å²) in [5.74, 6) is 1.60. The summed E-state index contributed by atoms with van der Waals surface area (Å²) in [6.45, 7) is 4.08. The van der Waals surface area contributed by atoms with Crippen molar-refractivity contribution in [2.45, 2.75) is 82.8 Å². The van der Waals surface area contributed by atoms with Crippen LogP contribution in [0.4, 0.5) is 0 Å². The van der Waals surface area contributed by atoms with E-state index in [4.69, 9.17) is 14.2 Å². The lowest BCUT2D eigenvalue weighted by molar-refractivity contribution is -0.206. The number of carbonyl (C=O) groups excluding carboxylic acids is 1. The van der Waals surface area contributed by atoms with E-state index < -0.39 is 11.6 Å². The molecule has 3 fully saturated rings. The SMILES string of the molecule is COc1ccc2c(c1)O[C@](C)(CCC(=O)O)[C@H]1CC3(CO[C@H]21)CN(C(=O)CCC1CCCCC1)C3. The molecule has 35 heavy (non-hydrogen) atoms. The standard InChI is InChI=1S/C28H39NO6/c1-27(13-12-25(31)32)22-15-28(16-29(17-28)24(30)11-8-19-6-4-3-5-7-19)18-34-26(22)21-10-9-20(33-2)14-23(21)35-27/h9-10,14,19,22,26H,3-8,11-13,15-18H2,1-2H3,(H,31,32)/t22-,26+,27+/m0/s1. The highest BCUT2D eigenvalue weighted by Crippen LogP contribution is 2.56. The molecule has 5 rings (SSSR count). The molecule has 1 amide bonds. The lowest BCUT2D eigenvalue weighted by atomic mass is 9.63. The fourth-order valence-electron chi connectivity index (χ4n) is 6.86. The normalized spacial score (nSPS) is 29.5. The van der Waals surface area contributed by atoms with Crippen LogP contribution in [0.15, 0.2) is 18.2 Å². The van der Waals surface area contributed by atoms with Crippen molar-refractivity contribution < 1.29 is 28.9 Å². The number of rotatable bonds is 7. The summed E-state index contributed by atoms with van der Waals surface area (Å²) in [6.07, 6.45) is 9.35. The van der Waals surface area contributed by atoms with E-state index in [1.807, 2.05) is 30.0 Å². The Morgan fingerprint density at radius 1 is 1.17 bits per heavy atom. The highest BCUT2D eigenvalue weighted by Gasteiger charge is 2.57. The van der Waals surface area contributed by atoms with Gasteiger partial charge in [0.15, 0.2) is 0 Å². The van der Waals surface area contributed by atoms with Crippen LogP contribution in [0, 0.1) is 17.3 Å². The largest absolute Gasteiger partial charge is 0.497 e. The number of carboxylic acid groups (broad SMARTS) is 1. The zero-order valence-corrected chi connectivity index (χ0v) is 21.1. The predicted octanol–water partition coefficient (Wildman–Crippen LogP) is 4.98. The van der Waals surface area contributed by atoms with E-state index in [1.165, 1.54) is 32.1 Å². The van der Waals surface area contributed by atoms with E-state index >= 15 is 0 Å². The van der Waals surface area contributed by atoms with Gasteiger partial charge in [-0.25, -0.2) is 0 Å². The summed E-state index contributed by atoms with van der Waals surface area (Å²) in [5, 5.41) is 9.38. The van der Waals surface area contributed by atoms with Gasteiger partial charge in [-0.1, -0.05) is 32.1 Å². The number of hydrogen-bond acceptors (Lipinski definition) is 5. The molecule has 1 spiro atoms. The van der Waals surface area contributed by atoms with Crippen LogP contribution in [0.1, 0.15) is 82.8 Å². The third-order valence-electron chi connectivity index (χ3n) is 8.97. The number of benzene rings is 1. The van der Waals surface area contributed by atoms with Crippen LogP contribution >= 0.6 is 0 Å². The second-order valence-corrected chi connectivity index (χ2v) is 11.5. The molecule has 0 bridgehead atoms. The quantitative estimate of drug-likeness (QED) is 0.586. The van der Waals surface area contributed by atoms with Crippen molar-refractivity contribution in [3.63, 3.8) is 0 Å². The second-order valence-electron chi connectivity index (χ2n) is 11.5. The Kier molecular flexibility index (Phi) is 6.73. The molecule has 1 aromatic rings. The minimum Gasteiger partial charge on any atom is -0.497 e. The third kappa shape index (κ3) is 4.89. The summed E-state index contributed by atoms with van der Waals surface area (Å²) in [5.41, 5.74) is 0.263. The lowest BCUT2D eigenvalue weighted by Gasteiger charge is -2.59. The Labute approximate surface area is 208 Å². The molecule has 1 saturated carbocycles. The zero-order valence-electron chi connectivity index (χ0n) is 21.1. The Balaban J connectivity index is 1.27. The first-order valence-corrected chi connectivity index (χ1v) is 13.3. The first kappa shape index (κ1) is 24.4. The number of carbonyl (C=O) groups is 2. The number of aliphatic carboxylic acids is 1. The lowest BCUT2D eigenvalue weighted by Crippen LogP contribution is -2.65. The van der Waals surface area contributed by atoms with Crippen molar-refractivity contribution >= 4 is 11.9 Å². The van der Waals surface area contributed by atoms with E-state index in [-0.39, 0.29) is 29.8 Å². The summed E-state index contributed by atoms with van der Waals surface area (Å²) >= 11 is 0. The predicted molar refractivity (Wildman–Crippen MR) is 131 cm³/mol. The van der Waals surface area contributed by atoms with Crippen LogP contribution in [0.2, 0.25) is 0 Å². The zero-order chi connectivity index (χ0) is 24.6. The monoisotopic (exact) mass is 485 g/mol. The Morgan fingerprint density at radius 2 is 1.94 bits per heavy atom. The molecule has 1 aromatic carbocycles. The number of hydrogen-bond donors (Lipinski definition) is 1. The maximum atomic E-state index is 12.9. The summed E-state index contributed by atoms with van der Waals surface area (Å²) in [4.78, 5) is 26.3. The first-order chi connectivity index (χ1) is 16.8. The summed E-state index contributed by atoms with van der Waals surface area (Å²) in [6, 6.07) is 5.79. The molecule has 1 aliphatic carbocycles. The van der Waals surface area contributed by atoms with Gasteiger partial charge in [0.25, 0.3) is 0 Å². The fourth-order valence-corrected chi connectivity index (χ4v) is 6.86. The van der Waals surface area contributed by atoms with Gasteiger partial charge in [-0.3, -0.25) is 9.59 Å². The average molecular weight is 486 g/mol. The molecule has 0 radical (unpaired) electrons. The number of ether oxygens (including phenoxy) is 3. The molecule has 7 heteroatoms. The van der Waals surface area contributed by atoms with Crippen LogP contribution in [0.25, 0.3) is 0 Å². The number of likely N-dealkylation sites (tertiary alicyclic amines) is 1. The van der Waals surface area contributed by atoms with Crippen molar-refractivity contribution in [3.8, 4) is 11.5 Å². The van der Waals surface area contributed by atoms with Crippen LogP contribution in [0.3, 0.4) is 0 Å². The average Bonchev–Trinajstić information content (AvgIpc) is 2.85. The van der Waals surface area contributed by atoms with E-state index in [2.05, 4.69) is 0 Å². The molecular weight excluding hydrogens is 446 g/mol. The van der Waals surface area contributed by atoms with Gasteiger partial charge in [0.05, 0.1) is 19.8 Å². The van der Waals surface area contributed by atoms with Gasteiger partial charge in [-0.2, -0.15) is 0 Å². The molecule has 1 N–H and O–H groups in total. The van der Waals surface area contributed by atoms with E-state index in [9.17, 15) is 14.7 Å². The van der Waals surface area contributed by atoms with Gasteiger partial charge < -0.3 is 24.2 Å². The van der Waals surface area contributed by atoms with Gasteiger partial charge in [-0.15, -0.1) is 0 Å². The molecular formula is C28H39NO6. The van der Waals surface area contributed by atoms with Crippen LogP contribution in [0.5, 0.6) is 11.5 Å². The second kappa shape index (κ2) is 9.64. The van der Waals surface area contributed by atoms with Gasteiger partial charge in [0.1, 0.15) is 17.1 Å². The number of nitrogens with zero attached hydrogens (tertiary/aromatic N) is 1. The third-order valence-corrected chi connectivity index (χ3v) is 8.97. The van der Waals surface area contributed by atoms with E-state index in [0.29, 0.717) is 30.9 Å². The maximum Gasteiger partial charge on any atom is 0.303 e. The van der Waals surface area contributed by atoms with Crippen molar-refractivity contribution in [1.29, 1.82) is 0 Å². The van der Waals surface area contributed by atoms with E-state index in [0.717, 1.165) is 37.4 Å². The van der Waals surface area contributed by atoms with Crippen molar-refractivity contribution in [2.75, 3.05) is 26.8 Å². The number of methoxy groups -OCH3 is 1. The van der Waals surface area contributed by atoms with Gasteiger partial charge >= 0.3 is 5.97 Å². The van der Waals surface area contributed by atoms with E-state index in [1.54, 1.807) is 7.11 Å². The van der Waals surface area contributed by atoms with Crippen LogP contribution in [-0.2, 0) is 14.3 Å². The molecule has 0 aromatic heterocycles. The van der Waals surface area contributed by atoms with Gasteiger partial charge in [0.2, 0.25) is 5.91 Å². The molecule has 3 heterocycles. The molecule has 192 valence electrons. The molecule has 0 unspecified atom stereocenters. The van der Waals surface area contributed by atoms with Crippen molar-refractivity contribution in [3.05, 3.63) is 23.8 Å². The topological polar surface area (TPSA) is 85.3 Å². The first-order valence-electron chi connectivity index (χ1n) is 13.3. The minimum atomic E-state index is -0.826. The highest BCUT2D eigenvalue weighted by molar-refractivity contribution is 5.77. The Bertz CT molecular complexity index is 951. The maximum absolute atomic E-state index is 12.9. The van der Waals surface area contributed by atoms with Crippen LogP contribution in [-0.4, -0.2) is 54.3 Å². The number of fused-ring (bicyclic) bond motifs is 3. The van der Waals surface area contributed by atoms with Crippen molar-refractivity contribution in [2.24, 2.45) is 17.3 Å². The molecule has 4 aliphatic rings. The fraction of sp³-hybridized carbons (Fsp3) is 0.714. The smallest absolute Gasteiger partial charge is 0.303 e. The summed E-state index contributed by atoms with van der Waals surface area (Å²) in [7, 11) is 1.62. The minimum absolute atomic E-state index is 0.0241. The highest BCUT2D eigenvalue weighted by atomic mass is 16.5. The molecule has 2 saturated heterocycles.